The number of carbonyl (C=O) groups excluding carboxylic acids is 1. The molecule has 10 nitrogen and oxygen atoms in total. The molecule has 10 heteroatoms. The summed E-state index contributed by atoms with van der Waals surface area (Å²) < 4.78 is 23.6. The van der Waals surface area contributed by atoms with Crippen molar-refractivity contribution in [2.45, 2.75) is 19.9 Å². The van der Waals surface area contributed by atoms with Gasteiger partial charge in [-0.15, -0.1) is 5.10 Å². The van der Waals surface area contributed by atoms with Crippen LogP contribution in [0.15, 0.2) is 47.7 Å². The molecule has 2 aromatic carbocycles. The maximum atomic E-state index is 12.5. The van der Waals surface area contributed by atoms with Crippen LogP contribution in [0.3, 0.4) is 0 Å². The average Bonchev–Trinajstić information content (AvgIpc) is 3.26. The number of fused-ring (bicyclic) bond motifs is 1. The van der Waals surface area contributed by atoms with Gasteiger partial charge in [-0.1, -0.05) is 6.07 Å². The number of aromatic nitrogens is 3. The molecule has 0 unspecified atom stereocenters. The molecule has 34 heavy (non-hydrogen) atoms. The van der Waals surface area contributed by atoms with Crippen LogP contribution in [-0.4, -0.2) is 48.6 Å². The molecule has 0 spiro atoms. The molecule has 0 bridgehead atoms. The Hall–Kier alpha value is -4.21. The molecule has 1 aliphatic rings. The normalized spacial score (nSPS) is 14.8. The fourth-order valence-corrected chi connectivity index (χ4v) is 3.97. The Bertz CT molecular complexity index is 1240. The Labute approximate surface area is 197 Å². The van der Waals surface area contributed by atoms with Gasteiger partial charge in [-0.3, -0.25) is 4.79 Å². The van der Waals surface area contributed by atoms with Crippen LogP contribution in [0.2, 0.25) is 0 Å². The zero-order valence-corrected chi connectivity index (χ0v) is 19.7. The number of hydrogen-bond acceptors (Lipinski definition) is 8. The Morgan fingerprint density at radius 1 is 1.06 bits per heavy atom. The number of nitrogens with one attached hydrogen (secondary N) is 1. The van der Waals surface area contributed by atoms with Crippen LogP contribution in [0.5, 0.6) is 23.0 Å². The Balaban J connectivity index is 1.87. The third-order valence-corrected chi connectivity index (χ3v) is 5.53. The van der Waals surface area contributed by atoms with Gasteiger partial charge in [0, 0.05) is 17.3 Å². The van der Waals surface area contributed by atoms with Crippen molar-refractivity contribution in [1.29, 1.82) is 0 Å². The van der Waals surface area contributed by atoms with Gasteiger partial charge in [-0.05, 0) is 43.7 Å². The molecule has 4 rings (SSSR count). The quantitative estimate of drug-likeness (QED) is 0.520. The Morgan fingerprint density at radius 2 is 1.76 bits per heavy atom. The molecule has 178 valence electrons. The van der Waals surface area contributed by atoms with E-state index in [9.17, 15) is 4.79 Å². The number of methoxy groups -OCH3 is 3. The lowest BCUT2D eigenvalue weighted by molar-refractivity contribution is -0.115. The second-order valence-electron chi connectivity index (χ2n) is 7.58. The summed E-state index contributed by atoms with van der Waals surface area (Å²) >= 11 is 0. The lowest BCUT2D eigenvalue weighted by Crippen LogP contribution is -2.31. The molecule has 0 saturated carbocycles. The van der Waals surface area contributed by atoms with Crippen molar-refractivity contribution in [1.82, 2.24) is 14.8 Å². The number of benzene rings is 2. The largest absolute Gasteiger partial charge is 0.497 e. The molecule has 1 aliphatic heterocycles. The minimum Gasteiger partial charge on any atom is -0.497 e. The highest BCUT2D eigenvalue weighted by Gasteiger charge is 2.34. The summed E-state index contributed by atoms with van der Waals surface area (Å²) in [7, 11) is 4.72. The summed E-state index contributed by atoms with van der Waals surface area (Å²) in [6.45, 7) is 4.18. The minimum atomic E-state index is -0.618. The van der Waals surface area contributed by atoms with Crippen LogP contribution < -0.4 is 30.0 Å². The van der Waals surface area contributed by atoms with Crippen LogP contribution in [0, 0.1) is 0 Å². The highest BCUT2D eigenvalue weighted by Crippen LogP contribution is 2.39. The predicted molar refractivity (Wildman–Crippen MR) is 126 cm³/mol. The first-order valence-electron chi connectivity index (χ1n) is 10.7. The van der Waals surface area contributed by atoms with E-state index >= 15 is 0 Å². The van der Waals surface area contributed by atoms with E-state index in [2.05, 4.69) is 10.3 Å². The molecule has 3 aromatic rings. The summed E-state index contributed by atoms with van der Waals surface area (Å²) in [6.07, 6.45) is 0. The fraction of sp³-hybridized carbons (Fsp3) is 0.292. The third kappa shape index (κ3) is 4.09. The van der Waals surface area contributed by atoms with E-state index in [1.165, 1.54) is 0 Å². The number of ether oxygens (including phenoxy) is 4. The number of carbonyl (C=O) groups is 1. The number of rotatable bonds is 8. The van der Waals surface area contributed by atoms with Crippen molar-refractivity contribution in [2.75, 3.05) is 33.3 Å². The number of allylic oxidation sites excluding steroid dienone is 1. The van der Waals surface area contributed by atoms with Gasteiger partial charge in [0.15, 0.2) is 17.3 Å². The topological polar surface area (TPSA) is 123 Å². The van der Waals surface area contributed by atoms with Gasteiger partial charge in [0.25, 0.3) is 0 Å². The highest BCUT2D eigenvalue weighted by molar-refractivity contribution is 5.95. The number of amides is 1. The van der Waals surface area contributed by atoms with E-state index in [0.717, 1.165) is 5.56 Å². The van der Waals surface area contributed by atoms with Crippen molar-refractivity contribution >= 4 is 11.9 Å². The second kappa shape index (κ2) is 9.34. The van der Waals surface area contributed by atoms with E-state index in [4.69, 9.17) is 29.8 Å². The molecule has 3 N–H and O–H groups in total. The monoisotopic (exact) mass is 465 g/mol. The van der Waals surface area contributed by atoms with E-state index in [0.29, 0.717) is 58.2 Å². The first-order chi connectivity index (χ1) is 16.4. The number of hydrogen-bond donors (Lipinski definition) is 2. The smallest absolute Gasteiger partial charge is 0.248 e. The van der Waals surface area contributed by atoms with Crippen molar-refractivity contribution in [3.05, 3.63) is 53.2 Å². The second-order valence-corrected chi connectivity index (χ2v) is 7.58. The molecule has 0 fully saturated rings. The van der Waals surface area contributed by atoms with Gasteiger partial charge >= 0.3 is 0 Å². The molecule has 1 atom stereocenters. The predicted octanol–water partition coefficient (Wildman–Crippen LogP) is 3.14. The molecule has 1 aromatic heterocycles. The van der Waals surface area contributed by atoms with Crippen LogP contribution in [0.1, 0.15) is 25.5 Å². The van der Waals surface area contributed by atoms with E-state index in [1.54, 1.807) is 45.1 Å². The highest BCUT2D eigenvalue weighted by atomic mass is 16.5. The molecule has 0 aliphatic carbocycles. The number of nitrogens with two attached hydrogens (primary N) is 1. The van der Waals surface area contributed by atoms with Crippen molar-refractivity contribution in [3.8, 4) is 34.4 Å². The first-order valence-corrected chi connectivity index (χ1v) is 10.7. The minimum absolute atomic E-state index is 0.374. The maximum absolute atomic E-state index is 12.5. The summed E-state index contributed by atoms with van der Waals surface area (Å²) in [5.41, 5.74) is 8.21. The lowest BCUT2D eigenvalue weighted by atomic mass is 9.95. The summed E-state index contributed by atoms with van der Waals surface area (Å²) in [5, 5.41) is 7.88. The fourth-order valence-electron chi connectivity index (χ4n) is 3.97. The van der Waals surface area contributed by atoms with Crippen molar-refractivity contribution in [3.63, 3.8) is 0 Å². The summed E-state index contributed by atoms with van der Waals surface area (Å²) in [6, 6.07) is 10.3. The lowest BCUT2D eigenvalue weighted by Gasteiger charge is -2.28. The molecule has 0 saturated heterocycles. The van der Waals surface area contributed by atoms with Gasteiger partial charge in [-0.25, -0.2) is 4.68 Å². The van der Waals surface area contributed by atoms with Gasteiger partial charge < -0.3 is 30.0 Å². The zero-order chi connectivity index (χ0) is 24.4. The van der Waals surface area contributed by atoms with Crippen molar-refractivity contribution in [2.24, 2.45) is 5.73 Å². The van der Waals surface area contributed by atoms with Crippen LogP contribution >= 0.6 is 0 Å². The van der Waals surface area contributed by atoms with Crippen LogP contribution in [0.4, 0.5) is 5.95 Å². The third-order valence-electron chi connectivity index (χ3n) is 5.53. The average molecular weight is 466 g/mol. The molecule has 1 amide bonds. The number of primary amides is 1. The molecular weight excluding hydrogens is 438 g/mol. The Morgan fingerprint density at radius 3 is 2.35 bits per heavy atom. The van der Waals surface area contributed by atoms with Gasteiger partial charge in [0.1, 0.15) is 17.5 Å². The van der Waals surface area contributed by atoms with E-state index in [-0.39, 0.29) is 0 Å². The Kier molecular flexibility index (Phi) is 6.31. The zero-order valence-electron chi connectivity index (χ0n) is 19.7. The molecule has 2 heterocycles. The van der Waals surface area contributed by atoms with Gasteiger partial charge in [0.05, 0.1) is 33.5 Å². The van der Waals surface area contributed by atoms with Crippen molar-refractivity contribution < 1.29 is 23.7 Å². The number of anilines is 1. The van der Waals surface area contributed by atoms with Crippen LogP contribution in [0.25, 0.3) is 11.4 Å². The number of nitrogens with zero attached hydrogens (tertiary/aromatic N) is 3. The van der Waals surface area contributed by atoms with E-state index < -0.39 is 11.9 Å². The molecule has 0 radical (unpaired) electrons. The van der Waals surface area contributed by atoms with Gasteiger partial charge in [0.2, 0.25) is 11.9 Å². The molecular formula is C24H27N5O5. The first kappa shape index (κ1) is 23.0. The SMILES string of the molecule is CCOc1ccc([C@@H]2C(C(N)=O)=C(C)Nc3nc(-c4cc(OC)cc(OC)c4)nn32)cc1OC. The standard InChI is InChI=1S/C24H27N5O5/c1-6-34-18-8-7-14(11-19(18)33-5)21-20(22(25)30)13(2)26-24-27-23(28-29(21)24)15-9-16(31-3)12-17(10-15)32-4/h7-12,21H,6H2,1-5H3,(H2,25,30)(H,26,27,28)/t21-/m1/s1. The summed E-state index contributed by atoms with van der Waals surface area (Å²) in [4.78, 5) is 17.2. The maximum Gasteiger partial charge on any atom is 0.248 e. The van der Waals surface area contributed by atoms with Gasteiger partial charge in [-0.2, -0.15) is 4.98 Å². The summed E-state index contributed by atoms with van der Waals surface area (Å²) in [5.74, 6) is 2.70. The van der Waals surface area contributed by atoms with E-state index in [1.807, 2.05) is 31.2 Å². The van der Waals surface area contributed by atoms with Crippen LogP contribution in [-0.2, 0) is 4.79 Å².